The van der Waals surface area contributed by atoms with E-state index in [0.717, 1.165) is 36.2 Å². The Morgan fingerprint density at radius 3 is 2.82 bits per heavy atom. The standard InChI is InChI=1S/C16H23N3O2.ClH/c1-2-10-18-15(20)8-9-16(21)19-11-4-5-12-13(17)6-3-7-14(12)19;/h3,6-7H,2,4-5,8-11,17H2,1H3,(H,18,20);1H. The van der Waals surface area contributed by atoms with Gasteiger partial charge in [0.05, 0.1) is 0 Å². The van der Waals surface area contributed by atoms with Crippen LogP contribution in [0, 0.1) is 0 Å². The van der Waals surface area contributed by atoms with Gasteiger partial charge in [-0.3, -0.25) is 9.59 Å². The van der Waals surface area contributed by atoms with Gasteiger partial charge in [0.15, 0.2) is 0 Å². The summed E-state index contributed by atoms with van der Waals surface area (Å²) in [6.45, 7) is 3.36. The van der Waals surface area contributed by atoms with E-state index in [1.54, 1.807) is 4.90 Å². The Morgan fingerprint density at radius 2 is 2.09 bits per heavy atom. The summed E-state index contributed by atoms with van der Waals surface area (Å²) in [6, 6.07) is 5.67. The van der Waals surface area contributed by atoms with Crippen LogP contribution in [-0.2, 0) is 16.0 Å². The molecule has 0 radical (unpaired) electrons. The van der Waals surface area contributed by atoms with Gasteiger partial charge in [-0.15, -0.1) is 12.4 Å². The van der Waals surface area contributed by atoms with Crippen LogP contribution in [0.15, 0.2) is 18.2 Å². The highest BCUT2D eigenvalue weighted by molar-refractivity contribution is 5.97. The quantitative estimate of drug-likeness (QED) is 0.815. The molecule has 5 nitrogen and oxygen atoms in total. The number of nitrogens with zero attached hydrogens (tertiary/aromatic N) is 1. The van der Waals surface area contributed by atoms with Crippen LogP contribution in [-0.4, -0.2) is 24.9 Å². The Hall–Kier alpha value is -1.75. The number of hydrogen-bond donors (Lipinski definition) is 2. The Labute approximate surface area is 137 Å². The summed E-state index contributed by atoms with van der Waals surface area (Å²) in [7, 11) is 0. The number of carbonyl (C=O) groups is 2. The molecule has 1 aliphatic heterocycles. The smallest absolute Gasteiger partial charge is 0.227 e. The molecule has 0 saturated carbocycles. The average molecular weight is 326 g/mol. The van der Waals surface area contributed by atoms with Gasteiger partial charge in [0.25, 0.3) is 0 Å². The van der Waals surface area contributed by atoms with Crippen LogP contribution in [0.2, 0.25) is 0 Å². The van der Waals surface area contributed by atoms with E-state index in [0.29, 0.717) is 13.1 Å². The molecule has 1 aromatic rings. The number of carbonyl (C=O) groups excluding carboxylic acids is 2. The number of halogens is 1. The van der Waals surface area contributed by atoms with E-state index >= 15 is 0 Å². The topological polar surface area (TPSA) is 75.4 Å². The first-order valence-corrected chi connectivity index (χ1v) is 7.58. The molecule has 22 heavy (non-hydrogen) atoms. The molecule has 2 rings (SSSR count). The van der Waals surface area contributed by atoms with Crippen LogP contribution in [0.5, 0.6) is 0 Å². The maximum atomic E-state index is 12.4. The molecule has 0 unspecified atom stereocenters. The molecule has 0 bridgehead atoms. The number of fused-ring (bicyclic) bond motifs is 1. The monoisotopic (exact) mass is 325 g/mol. The minimum Gasteiger partial charge on any atom is -0.398 e. The highest BCUT2D eigenvalue weighted by atomic mass is 35.5. The number of nitrogens with two attached hydrogens (primary N) is 1. The summed E-state index contributed by atoms with van der Waals surface area (Å²) >= 11 is 0. The zero-order valence-corrected chi connectivity index (χ0v) is 13.7. The van der Waals surface area contributed by atoms with E-state index in [1.807, 2.05) is 25.1 Å². The molecule has 0 atom stereocenters. The zero-order valence-electron chi connectivity index (χ0n) is 12.9. The van der Waals surface area contributed by atoms with Gasteiger partial charge in [-0.05, 0) is 37.0 Å². The summed E-state index contributed by atoms with van der Waals surface area (Å²) < 4.78 is 0. The highest BCUT2D eigenvalue weighted by Crippen LogP contribution is 2.31. The molecule has 0 aromatic heterocycles. The summed E-state index contributed by atoms with van der Waals surface area (Å²) in [6.07, 6.45) is 3.20. The molecule has 0 saturated heterocycles. The second kappa shape index (κ2) is 8.63. The van der Waals surface area contributed by atoms with Crippen LogP contribution in [0.3, 0.4) is 0 Å². The Kier molecular flexibility index (Phi) is 7.18. The lowest BCUT2D eigenvalue weighted by Gasteiger charge is -2.30. The van der Waals surface area contributed by atoms with Gasteiger partial charge in [0, 0.05) is 37.3 Å². The van der Waals surface area contributed by atoms with E-state index in [1.165, 1.54) is 0 Å². The van der Waals surface area contributed by atoms with Gasteiger partial charge in [-0.1, -0.05) is 13.0 Å². The second-order valence-electron chi connectivity index (χ2n) is 5.34. The van der Waals surface area contributed by atoms with Crippen molar-refractivity contribution >= 4 is 35.6 Å². The van der Waals surface area contributed by atoms with E-state index in [9.17, 15) is 9.59 Å². The molecule has 0 spiro atoms. The Morgan fingerprint density at radius 1 is 1.32 bits per heavy atom. The first-order chi connectivity index (χ1) is 10.1. The van der Waals surface area contributed by atoms with Gasteiger partial charge in [0.1, 0.15) is 0 Å². The fourth-order valence-electron chi connectivity index (χ4n) is 2.62. The Balaban J connectivity index is 0.00000242. The molecule has 0 aliphatic carbocycles. The molecule has 3 N–H and O–H groups in total. The summed E-state index contributed by atoms with van der Waals surface area (Å²) in [5, 5.41) is 2.79. The third kappa shape index (κ3) is 4.37. The van der Waals surface area contributed by atoms with Crippen LogP contribution in [0.4, 0.5) is 11.4 Å². The SMILES string of the molecule is CCCNC(=O)CCC(=O)N1CCCc2c(N)cccc21.Cl. The predicted octanol–water partition coefficient (Wildman–Crippen LogP) is 2.28. The lowest BCUT2D eigenvalue weighted by molar-refractivity contribution is -0.125. The molecule has 2 amide bonds. The van der Waals surface area contributed by atoms with Crippen LogP contribution < -0.4 is 16.0 Å². The van der Waals surface area contributed by atoms with Crippen LogP contribution >= 0.6 is 12.4 Å². The minimum absolute atomic E-state index is 0. The predicted molar refractivity (Wildman–Crippen MR) is 91.3 cm³/mol. The van der Waals surface area contributed by atoms with Gasteiger partial charge in [0.2, 0.25) is 11.8 Å². The third-order valence-electron chi connectivity index (χ3n) is 3.73. The van der Waals surface area contributed by atoms with Crippen molar-refractivity contribution in [1.29, 1.82) is 0 Å². The molecular formula is C16H24ClN3O2. The lowest BCUT2D eigenvalue weighted by atomic mass is 9.99. The first-order valence-electron chi connectivity index (χ1n) is 7.58. The number of amides is 2. The van der Waals surface area contributed by atoms with Gasteiger partial charge in [-0.25, -0.2) is 0 Å². The molecule has 1 aromatic carbocycles. The van der Waals surface area contributed by atoms with E-state index < -0.39 is 0 Å². The van der Waals surface area contributed by atoms with Crippen molar-refractivity contribution in [3.63, 3.8) is 0 Å². The van der Waals surface area contributed by atoms with Crippen molar-refractivity contribution in [1.82, 2.24) is 5.32 Å². The second-order valence-corrected chi connectivity index (χ2v) is 5.34. The fraction of sp³-hybridized carbons (Fsp3) is 0.500. The van der Waals surface area contributed by atoms with Crippen molar-refractivity contribution in [3.05, 3.63) is 23.8 Å². The minimum atomic E-state index is -0.0602. The zero-order chi connectivity index (χ0) is 15.2. The number of nitrogens with one attached hydrogen (secondary N) is 1. The number of nitrogen functional groups attached to an aromatic ring is 1. The number of hydrogen-bond acceptors (Lipinski definition) is 3. The van der Waals surface area contributed by atoms with Crippen molar-refractivity contribution < 1.29 is 9.59 Å². The Bertz CT molecular complexity index is 534. The van der Waals surface area contributed by atoms with Crippen molar-refractivity contribution in [2.75, 3.05) is 23.7 Å². The number of benzene rings is 1. The molecular weight excluding hydrogens is 302 g/mol. The van der Waals surface area contributed by atoms with Crippen molar-refractivity contribution in [3.8, 4) is 0 Å². The molecule has 6 heteroatoms. The highest BCUT2D eigenvalue weighted by Gasteiger charge is 2.23. The largest absolute Gasteiger partial charge is 0.398 e. The molecule has 1 heterocycles. The van der Waals surface area contributed by atoms with Crippen LogP contribution in [0.1, 0.15) is 38.2 Å². The van der Waals surface area contributed by atoms with E-state index in [4.69, 9.17) is 5.73 Å². The third-order valence-corrected chi connectivity index (χ3v) is 3.73. The van der Waals surface area contributed by atoms with Gasteiger partial charge >= 0.3 is 0 Å². The van der Waals surface area contributed by atoms with Gasteiger partial charge < -0.3 is 16.0 Å². The van der Waals surface area contributed by atoms with E-state index in [-0.39, 0.29) is 37.1 Å². The molecule has 122 valence electrons. The maximum absolute atomic E-state index is 12.4. The average Bonchev–Trinajstić information content (AvgIpc) is 2.50. The number of rotatable bonds is 5. The summed E-state index contributed by atoms with van der Waals surface area (Å²) in [5.74, 6) is -0.0665. The summed E-state index contributed by atoms with van der Waals surface area (Å²) in [4.78, 5) is 25.7. The number of anilines is 2. The van der Waals surface area contributed by atoms with Gasteiger partial charge in [-0.2, -0.15) is 0 Å². The maximum Gasteiger partial charge on any atom is 0.227 e. The first kappa shape index (κ1) is 18.3. The summed E-state index contributed by atoms with van der Waals surface area (Å²) in [5.41, 5.74) is 8.67. The fourth-order valence-corrected chi connectivity index (χ4v) is 2.62. The normalized spacial score (nSPS) is 13.0. The lowest BCUT2D eigenvalue weighted by Crippen LogP contribution is -2.36. The van der Waals surface area contributed by atoms with E-state index in [2.05, 4.69) is 5.32 Å². The van der Waals surface area contributed by atoms with Crippen molar-refractivity contribution in [2.45, 2.75) is 39.0 Å². The molecule has 1 aliphatic rings. The molecule has 0 fully saturated rings. The van der Waals surface area contributed by atoms with Crippen LogP contribution in [0.25, 0.3) is 0 Å². The van der Waals surface area contributed by atoms with Crippen molar-refractivity contribution in [2.24, 2.45) is 0 Å².